The molecule has 190 valence electrons. The fraction of sp³-hybridized carbons (Fsp3) is 0.484. The Morgan fingerprint density at radius 3 is 2.31 bits per heavy atom. The fourth-order valence-electron chi connectivity index (χ4n) is 5.80. The van der Waals surface area contributed by atoms with E-state index in [1.807, 2.05) is 19.1 Å². The second-order valence-corrected chi connectivity index (χ2v) is 13.5. The first-order valence-electron chi connectivity index (χ1n) is 13.2. The molecule has 0 spiro atoms. The molecule has 2 atom stereocenters. The standard InChI is InChI=1S/C31H43FN2S/c1-23-10-15-28(16-11-23)35(5,6)34-27(14-13-26(4)33-20-18-24(2)19-21-33)8-7-9-31(34)29-22-25(3)12-17-30(29)32/h10-12,15-17,22,24,27,31H,4-9,13-14,18-21H2,1-3H3/t27-,31+/m1/s1. The number of allylic oxidation sites excluding steroid dienone is 1. The summed E-state index contributed by atoms with van der Waals surface area (Å²) in [5.74, 6) is 10.2. The molecule has 4 rings (SSSR count). The average molecular weight is 495 g/mol. The fourth-order valence-corrected chi connectivity index (χ4v) is 8.17. The lowest BCUT2D eigenvalue weighted by atomic mass is 9.90. The molecule has 2 heterocycles. The van der Waals surface area contributed by atoms with Gasteiger partial charge in [-0.05, 0) is 82.9 Å². The third-order valence-corrected chi connectivity index (χ3v) is 10.6. The van der Waals surface area contributed by atoms with Crippen LogP contribution in [0.15, 0.2) is 59.6 Å². The van der Waals surface area contributed by atoms with Crippen molar-refractivity contribution in [2.45, 2.75) is 82.7 Å². The number of aryl methyl sites for hydroxylation is 2. The van der Waals surface area contributed by atoms with E-state index in [0.717, 1.165) is 67.1 Å². The van der Waals surface area contributed by atoms with Crippen LogP contribution in [0.1, 0.15) is 74.6 Å². The zero-order valence-electron chi connectivity index (χ0n) is 21.9. The Morgan fingerprint density at radius 1 is 0.971 bits per heavy atom. The van der Waals surface area contributed by atoms with Gasteiger partial charge >= 0.3 is 0 Å². The third-order valence-electron chi connectivity index (χ3n) is 8.05. The summed E-state index contributed by atoms with van der Waals surface area (Å²) >= 11 is 0. The minimum Gasteiger partial charge on any atom is -0.375 e. The van der Waals surface area contributed by atoms with E-state index >= 15 is 4.39 Å². The van der Waals surface area contributed by atoms with Crippen LogP contribution in [-0.4, -0.2) is 40.1 Å². The normalized spacial score (nSPS) is 22.3. The Morgan fingerprint density at radius 2 is 1.63 bits per heavy atom. The van der Waals surface area contributed by atoms with Gasteiger partial charge in [-0.2, -0.15) is 0 Å². The molecule has 35 heavy (non-hydrogen) atoms. The van der Waals surface area contributed by atoms with Crippen molar-refractivity contribution < 1.29 is 4.39 Å². The zero-order valence-corrected chi connectivity index (χ0v) is 22.8. The predicted octanol–water partition coefficient (Wildman–Crippen LogP) is 8.01. The van der Waals surface area contributed by atoms with Crippen molar-refractivity contribution in [1.82, 2.24) is 9.21 Å². The van der Waals surface area contributed by atoms with E-state index < -0.39 is 9.39 Å². The lowest BCUT2D eigenvalue weighted by Crippen LogP contribution is -2.40. The van der Waals surface area contributed by atoms with Gasteiger partial charge in [0.05, 0.1) is 0 Å². The van der Waals surface area contributed by atoms with Gasteiger partial charge < -0.3 is 4.90 Å². The predicted molar refractivity (Wildman–Crippen MR) is 153 cm³/mol. The first-order chi connectivity index (χ1) is 16.7. The Bertz CT molecular complexity index is 1130. The molecule has 2 saturated heterocycles. The summed E-state index contributed by atoms with van der Waals surface area (Å²) in [6.07, 6.45) is 7.62. The summed E-state index contributed by atoms with van der Waals surface area (Å²) in [7, 11) is -1.81. The van der Waals surface area contributed by atoms with Gasteiger partial charge in [-0.15, -0.1) is 9.39 Å². The van der Waals surface area contributed by atoms with E-state index in [0.29, 0.717) is 6.04 Å². The van der Waals surface area contributed by atoms with Crippen LogP contribution in [-0.2, 0) is 0 Å². The zero-order chi connectivity index (χ0) is 25.2. The van der Waals surface area contributed by atoms with E-state index in [9.17, 15) is 0 Å². The molecule has 0 amide bonds. The molecule has 0 unspecified atom stereocenters. The monoisotopic (exact) mass is 494 g/mol. The van der Waals surface area contributed by atoms with E-state index in [1.165, 1.54) is 24.1 Å². The van der Waals surface area contributed by atoms with Crippen LogP contribution in [0, 0.1) is 25.6 Å². The molecule has 2 aromatic rings. The number of rotatable bonds is 7. The number of halogens is 1. The van der Waals surface area contributed by atoms with Crippen molar-refractivity contribution >= 4 is 21.1 Å². The minimum absolute atomic E-state index is 0.0101. The average Bonchev–Trinajstić information content (AvgIpc) is 2.84. The quantitative estimate of drug-likeness (QED) is 0.360. The molecule has 0 aliphatic carbocycles. The summed E-state index contributed by atoms with van der Waals surface area (Å²) in [5, 5.41) is 0. The highest BCUT2D eigenvalue weighted by Gasteiger charge is 2.36. The molecule has 0 bridgehead atoms. The van der Waals surface area contributed by atoms with Crippen molar-refractivity contribution in [3.8, 4) is 0 Å². The topological polar surface area (TPSA) is 6.48 Å². The van der Waals surface area contributed by atoms with E-state index in [-0.39, 0.29) is 11.9 Å². The summed E-state index contributed by atoms with van der Waals surface area (Å²) in [4.78, 5) is 3.65. The van der Waals surface area contributed by atoms with Gasteiger partial charge in [-0.3, -0.25) is 0 Å². The van der Waals surface area contributed by atoms with Crippen molar-refractivity contribution in [2.75, 3.05) is 13.1 Å². The van der Waals surface area contributed by atoms with Gasteiger partial charge in [-0.1, -0.05) is 60.6 Å². The van der Waals surface area contributed by atoms with E-state index in [2.05, 4.69) is 53.9 Å². The van der Waals surface area contributed by atoms with Gasteiger partial charge in [0.15, 0.2) is 0 Å². The number of hydrogen-bond acceptors (Lipinski definition) is 2. The molecule has 2 aliphatic heterocycles. The molecule has 4 heteroatoms. The molecule has 0 aromatic heterocycles. The Labute approximate surface area is 213 Å². The summed E-state index contributed by atoms with van der Waals surface area (Å²) in [6, 6.07) is 14.5. The summed E-state index contributed by atoms with van der Waals surface area (Å²) in [5.41, 5.74) is 4.38. The Balaban J connectivity index is 1.64. The van der Waals surface area contributed by atoms with Crippen LogP contribution < -0.4 is 0 Å². The highest BCUT2D eigenvalue weighted by atomic mass is 32.2. The summed E-state index contributed by atoms with van der Waals surface area (Å²) in [6.45, 7) is 13.2. The molecule has 0 N–H and O–H groups in total. The third kappa shape index (κ3) is 5.86. The Kier molecular flexibility index (Phi) is 8.12. The highest BCUT2D eigenvalue weighted by molar-refractivity contribution is 8.25. The highest BCUT2D eigenvalue weighted by Crippen LogP contribution is 2.50. The van der Waals surface area contributed by atoms with Gasteiger partial charge in [0, 0.05) is 41.3 Å². The second kappa shape index (κ2) is 10.9. The SMILES string of the molecule is C=C(CC[C@H]1CCC[C@@H](c2cc(C)ccc2F)N1S(=C)(=C)c1ccc(C)cc1)N1CCC(C)CC1. The molecule has 0 saturated carbocycles. The lowest BCUT2D eigenvalue weighted by Gasteiger charge is -2.47. The minimum atomic E-state index is -1.81. The molecule has 2 fully saturated rings. The largest absolute Gasteiger partial charge is 0.375 e. The molecule has 2 aromatic carbocycles. The number of likely N-dealkylation sites (tertiary alicyclic amines) is 1. The first-order valence-corrected chi connectivity index (χ1v) is 15.1. The van der Waals surface area contributed by atoms with Crippen LogP contribution >= 0.6 is 9.39 Å². The van der Waals surface area contributed by atoms with Crippen molar-refractivity contribution in [3.05, 3.63) is 77.2 Å². The maximum absolute atomic E-state index is 15.2. The molecule has 2 nitrogen and oxygen atoms in total. The van der Waals surface area contributed by atoms with Crippen LogP contribution in [0.4, 0.5) is 4.39 Å². The van der Waals surface area contributed by atoms with Crippen LogP contribution in [0.2, 0.25) is 0 Å². The van der Waals surface area contributed by atoms with E-state index in [1.54, 1.807) is 6.07 Å². The summed E-state index contributed by atoms with van der Waals surface area (Å²) < 4.78 is 17.7. The number of nitrogens with zero attached hydrogens (tertiary/aromatic N) is 2. The van der Waals surface area contributed by atoms with Crippen LogP contribution in [0.3, 0.4) is 0 Å². The van der Waals surface area contributed by atoms with E-state index in [4.69, 9.17) is 11.7 Å². The first kappa shape index (κ1) is 26.0. The maximum Gasteiger partial charge on any atom is 0.128 e. The van der Waals surface area contributed by atoms with Crippen molar-refractivity contribution in [1.29, 1.82) is 0 Å². The molecule has 2 aliphatic rings. The molecule has 0 radical (unpaired) electrons. The van der Waals surface area contributed by atoms with Crippen LogP contribution in [0.5, 0.6) is 0 Å². The maximum atomic E-state index is 15.2. The second-order valence-electron chi connectivity index (χ2n) is 10.9. The number of piperidine rings is 2. The Hall–Kier alpha value is -2.04. The van der Waals surface area contributed by atoms with Crippen molar-refractivity contribution in [2.24, 2.45) is 5.92 Å². The molecular formula is C31H43FN2S. The number of hydrogen-bond donors (Lipinski definition) is 0. The van der Waals surface area contributed by atoms with Gasteiger partial charge in [-0.25, -0.2) is 8.70 Å². The molecular weight excluding hydrogens is 451 g/mol. The van der Waals surface area contributed by atoms with Gasteiger partial charge in [0.25, 0.3) is 0 Å². The lowest BCUT2D eigenvalue weighted by molar-refractivity contribution is 0.176. The van der Waals surface area contributed by atoms with Crippen LogP contribution in [0.25, 0.3) is 0 Å². The van der Waals surface area contributed by atoms with Crippen molar-refractivity contribution in [3.63, 3.8) is 0 Å². The van der Waals surface area contributed by atoms with Gasteiger partial charge in [0.2, 0.25) is 0 Å². The smallest absolute Gasteiger partial charge is 0.128 e. The van der Waals surface area contributed by atoms with Gasteiger partial charge in [0.1, 0.15) is 5.82 Å². The number of benzene rings is 2.